The fraction of sp³-hybridized carbons (Fsp3) is 0.250. The zero-order valence-electron chi connectivity index (χ0n) is 10.6. The van der Waals surface area contributed by atoms with Gasteiger partial charge in [0.1, 0.15) is 0 Å². The van der Waals surface area contributed by atoms with Crippen molar-refractivity contribution in [1.82, 2.24) is 24.4 Å². The minimum atomic E-state index is 0.575. The molecule has 0 aliphatic heterocycles. The van der Waals surface area contributed by atoms with Gasteiger partial charge in [0, 0.05) is 31.0 Å². The summed E-state index contributed by atoms with van der Waals surface area (Å²) < 4.78 is 3.49. The SMILES string of the molecule is Cc1c(CNc2nc3ccc(Cl)cn3n2)cnn1C. The minimum absolute atomic E-state index is 0.575. The molecule has 0 atom stereocenters. The number of halogens is 1. The first-order chi connectivity index (χ1) is 9.13. The van der Waals surface area contributed by atoms with E-state index in [9.17, 15) is 0 Å². The smallest absolute Gasteiger partial charge is 0.243 e. The van der Waals surface area contributed by atoms with E-state index in [1.54, 1.807) is 16.8 Å². The molecule has 3 aromatic rings. The van der Waals surface area contributed by atoms with E-state index < -0.39 is 0 Å². The Bertz CT molecular complexity index is 729. The molecule has 0 saturated carbocycles. The van der Waals surface area contributed by atoms with Gasteiger partial charge >= 0.3 is 0 Å². The highest BCUT2D eigenvalue weighted by Crippen LogP contribution is 2.12. The molecule has 0 aliphatic carbocycles. The average molecular weight is 277 g/mol. The number of rotatable bonds is 3. The van der Waals surface area contributed by atoms with Crippen LogP contribution in [0.25, 0.3) is 5.65 Å². The van der Waals surface area contributed by atoms with Crippen LogP contribution in [0.5, 0.6) is 0 Å². The molecule has 1 N–H and O–H groups in total. The molecular weight excluding hydrogens is 264 g/mol. The van der Waals surface area contributed by atoms with Crippen LogP contribution in [0.15, 0.2) is 24.5 Å². The van der Waals surface area contributed by atoms with E-state index in [1.807, 2.05) is 30.9 Å². The third-order valence-corrected chi connectivity index (χ3v) is 3.29. The van der Waals surface area contributed by atoms with Gasteiger partial charge in [-0.05, 0) is 19.1 Å². The molecule has 0 fully saturated rings. The number of nitrogens with zero attached hydrogens (tertiary/aromatic N) is 5. The third kappa shape index (κ3) is 2.26. The first kappa shape index (κ1) is 12.0. The lowest BCUT2D eigenvalue weighted by molar-refractivity contribution is 0.738. The molecule has 0 radical (unpaired) electrons. The average Bonchev–Trinajstić information content (AvgIpc) is 2.92. The van der Waals surface area contributed by atoms with Crippen molar-refractivity contribution in [3.05, 3.63) is 40.8 Å². The molecule has 3 rings (SSSR count). The minimum Gasteiger partial charge on any atom is -0.349 e. The fourth-order valence-corrected chi connectivity index (χ4v) is 1.98. The molecule has 0 aromatic carbocycles. The van der Waals surface area contributed by atoms with Gasteiger partial charge in [-0.1, -0.05) is 11.6 Å². The van der Waals surface area contributed by atoms with E-state index in [0.29, 0.717) is 17.5 Å². The molecule has 0 spiro atoms. The summed E-state index contributed by atoms with van der Waals surface area (Å²) in [5.41, 5.74) is 3.01. The molecule has 0 amide bonds. The van der Waals surface area contributed by atoms with Crippen LogP contribution >= 0.6 is 11.6 Å². The summed E-state index contributed by atoms with van der Waals surface area (Å²) in [5.74, 6) is 0.575. The predicted octanol–water partition coefficient (Wildman–Crippen LogP) is 2.04. The van der Waals surface area contributed by atoms with E-state index in [2.05, 4.69) is 20.5 Å². The van der Waals surface area contributed by atoms with Gasteiger partial charge in [-0.25, -0.2) is 4.52 Å². The van der Waals surface area contributed by atoms with Gasteiger partial charge < -0.3 is 5.32 Å². The van der Waals surface area contributed by atoms with Crippen molar-refractivity contribution < 1.29 is 0 Å². The Balaban J connectivity index is 1.80. The van der Waals surface area contributed by atoms with E-state index in [0.717, 1.165) is 16.9 Å². The van der Waals surface area contributed by atoms with Gasteiger partial charge in [0.05, 0.1) is 11.2 Å². The van der Waals surface area contributed by atoms with Crippen molar-refractivity contribution in [2.45, 2.75) is 13.5 Å². The van der Waals surface area contributed by atoms with E-state index >= 15 is 0 Å². The second-order valence-corrected chi connectivity index (χ2v) is 4.75. The van der Waals surface area contributed by atoms with Gasteiger partial charge in [0.2, 0.25) is 5.95 Å². The molecule has 0 bridgehead atoms. The Morgan fingerprint density at radius 3 is 2.95 bits per heavy atom. The van der Waals surface area contributed by atoms with Gasteiger partial charge in [0.25, 0.3) is 0 Å². The molecule has 19 heavy (non-hydrogen) atoms. The number of anilines is 1. The van der Waals surface area contributed by atoms with Crippen molar-refractivity contribution in [2.75, 3.05) is 5.32 Å². The highest BCUT2D eigenvalue weighted by molar-refractivity contribution is 6.30. The first-order valence-corrected chi connectivity index (χ1v) is 6.24. The second kappa shape index (κ2) is 4.55. The van der Waals surface area contributed by atoms with Crippen LogP contribution in [0.3, 0.4) is 0 Å². The molecule has 6 nitrogen and oxygen atoms in total. The largest absolute Gasteiger partial charge is 0.349 e. The number of aryl methyl sites for hydroxylation is 1. The maximum absolute atomic E-state index is 5.90. The van der Waals surface area contributed by atoms with Crippen molar-refractivity contribution >= 4 is 23.2 Å². The van der Waals surface area contributed by atoms with Crippen LogP contribution in [-0.2, 0) is 13.6 Å². The number of hydrogen-bond acceptors (Lipinski definition) is 4. The van der Waals surface area contributed by atoms with E-state index in [4.69, 9.17) is 11.6 Å². The van der Waals surface area contributed by atoms with Gasteiger partial charge in [0.15, 0.2) is 5.65 Å². The molecular formula is C12H13ClN6. The summed E-state index contributed by atoms with van der Waals surface area (Å²) in [6.07, 6.45) is 3.57. The third-order valence-electron chi connectivity index (χ3n) is 3.07. The quantitative estimate of drug-likeness (QED) is 0.795. The molecule has 0 saturated heterocycles. The lowest BCUT2D eigenvalue weighted by atomic mass is 10.2. The highest BCUT2D eigenvalue weighted by atomic mass is 35.5. The Labute approximate surface area is 115 Å². The van der Waals surface area contributed by atoms with Crippen LogP contribution in [0, 0.1) is 6.92 Å². The van der Waals surface area contributed by atoms with Crippen LogP contribution in [0.4, 0.5) is 5.95 Å². The summed E-state index contributed by atoms with van der Waals surface area (Å²) >= 11 is 5.90. The van der Waals surface area contributed by atoms with Gasteiger partial charge in [-0.3, -0.25) is 4.68 Å². The number of nitrogens with one attached hydrogen (secondary N) is 1. The summed E-state index contributed by atoms with van der Waals surface area (Å²) in [6.45, 7) is 2.67. The fourth-order valence-electron chi connectivity index (χ4n) is 1.82. The standard InChI is InChI=1S/C12H13ClN6/c1-8-9(6-15-18(8)2)5-14-12-16-11-4-3-10(13)7-19(11)17-12/h3-4,6-7H,5H2,1-2H3,(H,14,17). The molecule has 0 aliphatic rings. The maximum atomic E-state index is 5.90. The molecule has 3 heterocycles. The van der Waals surface area contributed by atoms with Crippen LogP contribution in [0.1, 0.15) is 11.3 Å². The highest BCUT2D eigenvalue weighted by Gasteiger charge is 2.06. The first-order valence-electron chi connectivity index (χ1n) is 5.87. The topological polar surface area (TPSA) is 60.0 Å². The molecule has 0 unspecified atom stereocenters. The zero-order chi connectivity index (χ0) is 13.4. The van der Waals surface area contributed by atoms with E-state index in [-0.39, 0.29) is 0 Å². The van der Waals surface area contributed by atoms with Crippen molar-refractivity contribution in [3.8, 4) is 0 Å². The van der Waals surface area contributed by atoms with Crippen LogP contribution in [0.2, 0.25) is 5.02 Å². The van der Waals surface area contributed by atoms with Crippen LogP contribution < -0.4 is 5.32 Å². The predicted molar refractivity (Wildman–Crippen MR) is 73.3 cm³/mol. The lowest BCUT2D eigenvalue weighted by Crippen LogP contribution is -2.02. The van der Waals surface area contributed by atoms with Crippen molar-refractivity contribution in [1.29, 1.82) is 0 Å². The normalized spacial score (nSPS) is 11.1. The Kier molecular flexibility index (Phi) is 2.87. The number of fused-ring (bicyclic) bond motifs is 1. The molecule has 98 valence electrons. The number of pyridine rings is 1. The maximum Gasteiger partial charge on any atom is 0.243 e. The molecule has 3 aromatic heterocycles. The zero-order valence-corrected chi connectivity index (χ0v) is 11.4. The Morgan fingerprint density at radius 2 is 2.21 bits per heavy atom. The summed E-state index contributed by atoms with van der Waals surface area (Å²) in [4.78, 5) is 4.36. The second-order valence-electron chi connectivity index (χ2n) is 4.32. The van der Waals surface area contributed by atoms with Gasteiger partial charge in [-0.2, -0.15) is 10.1 Å². The summed E-state index contributed by atoms with van der Waals surface area (Å²) in [7, 11) is 1.92. The summed E-state index contributed by atoms with van der Waals surface area (Å²) in [5, 5.41) is 12.3. The summed E-state index contributed by atoms with van der Waals surface area (Å²) in [6, 6.07) is 3.62. The van der Waals surface area contributed by atoms with Crippen molar-refractivity contribution in [3.63, 3.8) is 0 Å². The Morgan fingerprint density at radius 1 is 1.37 bits per heavy atom. The van der Waals surface area contributed by atoms with E-state index in [1.165, 1.54) is 0 Å². The monoisotopic (exact) mass is 276 g/mol. The number of hydrogen-bond donors (Lipinski definition) is 1. The van der Waals surface area contributed by atoms with Gasteiger partial charge in [-0.15, -0.1) is 5.10 Å². The Hall–Kier alpha value is -2.08. The molecule has 7 heteroatoms. The van der Waals surface area contributed by atoms with Crippen molar-refractivity contribution in [2.24, 2.45) is 7.05 Å². The lowest BCUT2D eigenvalue weighted by Gasteiger charge is -2.00. The van der Waals surface area contributed by atoms with Crippen LogP contribution in [-0.4, -0.2) is 24.4 Å². The number of aromatic nitrogens is 5.